The summed E-state index contributed by atoms with van der Waals surface area (Å²) in [6, 6.07) is 1.72. The minimum atomic E-state index is -0.422. The van der Waals surface area contributed by atoms with Crippen molar-refractivity contribution in [3.8, 4) is 0 Å². The van der Waals surface area contributed by atoms with Gasteiger partial charge < -0.3 is 0 Å². The highest BCUT2D eigenvalue weighted by molar-refractivity contribution is 7.12. The average molecular weight is 294 g/mol. The Morgan fingerprint density at radius 2 is 2.10 bits per heavy atom. The van der Waals surface area contributed by atoms with Gasteiger partial charge in [0, 0.05) is 11.1 Å². The number of H-pyrrole nitrogens is 1. The van der Waals surface area contributed by atoms with E-state index in [1.54, 1.807) is 25.3 Å². The van der Waals surface area contributed by atoms with Crippen molar-refractivity contribution in [3.05, 3.63) is 53.7 Å². The van der Waals surface area contributed by atoms with E-state index in [0.29, 0.717) is 21.6 Å². The van der Waals surface area contributed by atoms with Crippen LogP contribution < -0.4 is 22.4 Å². The van der Waals surface area contributed by atoms with Crippen molar-refractivity contribution in [1.29, 1.82) is 0 Å². The van der Waals surface area contributed by atoms with E-state index in [9.17, 15) is 14.4 Å². The van der Waals surface area contributed by atoms with Gasteiger partial charge in [-0.15, -0.1) is 11.3 Å². The Bertz CT molecular complexity index is 772. The van der Waals surface area contributed by atoms with Gasteiger partial charge in [-0.25, -0.2) is 10.5 Å². The molecule has 0 aromatic carbocycles. The first-order valence-electron chi connectivity index (χ1n) is 5.83. The standard InChI is InChI=1S/C12H14N4O3S/c1-6-7(2)12(19)16(15-10(6)17)5-8-3-4-20-9(8)11(18)14-13/h3-4H,5,13H2,1-2H3,(H,14,18)(H,15,17). The molecular formula is C12H14N4O3S. The molecule has 0 atom stereocenters. The van der Waals surface area contributed by atoms with Crippen molar-refractivity contribution >= 4 is 17.2 Å². The Kier molecular flexibility index (Phi) is 3.86. The molecule has 0 aliphatic heterocycles. The first-order valence-corrected chi connectivity index (χ1v) is 6.71. The van der Waals surface area contributed by atoms with E-state index in [-0.39, 0.29) is 17.7 Å². The van der Waals surface area contributed by atoms with Crippen molar-refractivity contribution in [1.82, 2.24) is 15.2 Å². The monoisotopic (exact) mass is 294 g/mol. The minimum Gasteiger partial charge on any atom is -0.289 e. The number of aromatic amines is 1. The zero-order valence-electron chi connectivity index (χ0n) is 11.0. The number of hydrazine groups is 1. The van der Waals surface area contributed by atoms with Crippen LogP contribution in [0.15, 0.2) is 21.0 Å². The second-order valence-corrected chi connectivity index (χ2v) is 5.25. The van der Waals surface area contributed by atoms with Crippen LogP contribution in [0, 0.1) is 13.8 Å². The zero-order valence-corrected chi connectivity index (χ0v) is 11.8. The van der Waals surface area contributed by atoms with Gasteiger partial charge in [0.2, 0.25) is 0 Å². The maximum absolute atomic E-state index is 12.1. The smallest absolute Gasteiger partial charge is 0.275 e. The molecule has 0 radical (unpaired) electrons. The predicted molar refractivity (Wildman–Crippen MR) is 75.9 cm³/mol. The van der Waals surface area contributed by atoms with Crippen LogP contribution in [0.4, 0.5) is 0 Å². The second kappa shape index (κ2) is 5.43. The molecule has 7 nitrogen and oxygen atoms in total. The van der Waals surface area contributed by atoms with E-state index in [1.807, 2.05) is 0 Å². The lowest BCUT2D eigenvalue weighted by molar-refractivity contribution is 0.0956. The number of nitrogens with one attached hydrogen (secondary N) is 2. The molecule has 2 rings (SSSR count). The molecule has 8 heteroatoms. The highest BCUT2D eigenvalue weighted by atomic mass is 32.1. The van der Waals surface area contributed by atoms with Crippen LogP contribution in [0.2, 0.25) is 0 Å². The topological polar surface area (TPSA) is 110 Å². The summed E-state index contributed by atoms with van der Waals surface area (Å²) in [5.41, 5.74) is 2.87. The number of nitrogen functional groups attached to an aromatic ring is 1. The van der Waals surface area contributed by atoms with Crippen LogP contribution in [-0.2, 0) is 6.54 Å². The lowest BCUT2D eigenvalue weighted by atomic mass is 10.2. The van der Waals surface area contributed by atoms with Crippen LogP contribution >= 0.6 is 11.3 Å². The Morgan fingerprint density at radius 3 is 2.75 bits per heavy atom. The summed E-state index contributed by atoms with van der Waals surface area (Å²) in [4.78, 5) is 35.8. The Labute approximate surface area is 118 Å². The van der Waals surface area contributed by atoms with Gasteiger partial charge in [-0.05, 0) is 30.9 Å². The minimum absolute atomic E-state index is 0.113. The second-order valence-electron chi connectivity index (χ2n) is 4.33. The number of rotatable bonds is 3. The van der Waals surface area contributed by atoms with Gasteiger partial charge in [0.25, 0.3) is 17.0 Å². The van der Waals surface area contributed by atoms with Crippen molar-refractivity contribution in [2.75, 3.05) is 0 Å². The van der Waals surface area contributed by atoms with Crippen LogP contribution in [0.1, 0.15) is 26.4 Å². The van der Waals surface area contributed by atoms with Gasteiger partial charge in [0.1, 0.15) is 0 Å². The number of carbonyl (C=O) groups is 1. The quantitative estimate of drug-likeness (QED) is 0.416. The third-order valence-electron chi connectivity index (χ3n) is 3.12. The van der Waals surface area contributed by atoms with E-state index in [4.69, 9.17) is 5.84 Å². The van der Waals surface area contributed by atoms with Gasteiger partial charge >= 0.3 is 0 Å². The van der Waals surface area contributed by atoms with E-state index in [2.05, 4.69) is 10.5 Å². The van der Waals surface area contributed by atoms with E-state index in [0.717, 1.165) is 0 Å². The van der Waals surface area contributed by atoms with Gasteiger partial charge in [0.15, 0.2) is 0 Å². The van der Waals surface area contributed by atoms with Gasteiger partial charge in [-0.3, -0.25) is 24.9 Å². The van der Waals surface area contributed by atoms with Gasteiger partial charge in [-0.1, -0.05) is 0 Å². The molecule has 0 bridgehead atoms. The number of thiophene rings is 1. The molecule has 1 amide bonds. The third kappa shape index (κ3) is 2.43. The lowest BCUT2D eigenvalue weighted by Crippen LogP contribution is -2.34. The summed E-state index contributed by atoms with van der Waals surface area (Å²) < 4.78 is 1.19. The summed E-state index contributed by atoms with van der Waals surface area (Å²) in [6.45, 7) is 3.31. The number of nitrogens with zero attached hydrogens (tertiary/aromatic N) is 1. The van der Waals surface area contributed by atoms with Gasteiger partial charge in [0.05, 0.1) is 11.4 Å². The summed E-state index contributed by atoms with van der Waals surface area (Å²) in [5, 5.41) is 4.22. The molecule has 0 aliphatic carbocycles. The van der Waals surface area contributed by atoms with Gasteiger partial charge in [-0.2, -0.15) is 0 Å². The van der Waals surface area contributed by atoms with E-state index in [1.165, 1.54) is 16.0 Å². The normalized spacial score (nSPS) is 10.6. The summed E-state index contributed by atoms with van der Waals surface area (Å²) in [7, 11) is 0. The molecule has 0 saturated carbocycles. The maximum Gasteiger partial charge on any atom is 0.275 e. The van der Waals surface area contributed by atoms with Crippen LogP contribution in [0.3, 0.4) is 0 Å². The first-order chi connectivity index (χ1) is 9.45. The molecule has 2 aromatic rings. The zero-order chi connectivity index (χ0) is 14.9. The van der Waals surface area contributed by atoms with Crippen molar-refractivity contribution in [2.45, 2.75) is 20.4 Å². The maximum atomic E-state index is 12.1. The van der Waals surface area contributed by atoms with E-state index >= 15 is 0 Å². The number of hydrogen-bond donors (Lipinski definition) is 3. The Morgan fingerprint density at radius 1 is 1.40 bits per heavy atom. The number of amides is 1. The van der Waals surface area contributed by atoms with Crippen molar-refractivity contribution in [3.63, 3.8) is 0 Å². The largest absolute Gasteiger partial charge is 0.289 e. The van der Waals surface area contributed by atoms with E-state index < -0.39 is 5.91 Å². The molecule has 106 valence electrons. The van der Waals surface area contributed by atoms with Crippen LogP contribution in [0.5, 0.6) is 0 Å². The first kappa shape index (κ1) is 14.2. The Hall–Kier alpha value is -2.19. The van der Waals surface area contributed by atoms with Crippen LogP contribution in [0.25, 0.3) is 0 Å². The molecule has 4 N–H and O–H groups in total. The molecule has 20 heavy (non-hydrogen) atoms. The summed E-state index contributed by atoms with van der Waals surface area (Å²) in [5.74, 6) is 4.68. The Balaban J connectivity index is 2.47. The number of aromatic nitrogens is 2. The molecule has 0 fully saturated rings. The van der Waals surface area contributed by atoms with Crippen molar-refractivity contribution in [2.24, 2.45) is 5.84 Å². The highest BCUT2D eigenvalue weighted by Crippen LogP contribution is 2.16. The molecule has 0 spiro atoms. The molecular weight excluding hydrogens is 280 g/mol. The average Bonchev–Trinajstić information content (AvgIpc) is 2.89. The molecule has 0 saturated heterocycles. The lowest BCUT2D eigenvalue weighted by Gasteiger charge is -2.08. The molecule has 2 aromatic heterocycles. The summed E-state index contributed by atoms with van der Waals surface area (Å²) >= 11 is 1.22. The third-order valence-corrected chi connectivity index (χ3v) is 4.07. The fraction of sp³-hybridized carbons (Fsp3) is 0.250. The SMILES string of the molecule is Cc1c(C)c(=O)n(Cc2ccsc2C(=O)NN)[nH]c1=O. The van der Waals surface area contributed by atoms with Crippen LogP contribution in [-0.4, -0.2) is 15.7 Å². The molecule has 0 unspecified atom stereocenters. The molecule has 0 aliphatic rings. The predicted octanol–water partition coefficient (Wildman–Crippen LogP) is -0.133. The number of hydrogen-bond acceptors (Lipinski definition) is 5. The van der Waals surface area contributed by atoms with Crippen molar-refractivity contribution < 1.29 is 4.79 Å². The highest BCUT2D eigenvalue weighted by Gasteiger charge is 2.14. The number of carbonyl (C=O) groups excluding carboxylic acids is 1. The number of nitrogens with two attached hydrogens (primary N) is 1. The fourth-order valence-electron chi connectivity index (χ4n) is 1.80. The molecule has 2 heterocycles. The fourth-order valence-corrected chi connectivity index (χ4v) is 2.62. The summed E-state index contributed by atoms with van der Waals surface area (Å²) in [6.07, 6.45) is 0.